The Kier molecular flexibility index (Phi) is 7.93. The minimum absolute atomic E-state index is 0.317. The first-order chi connectivity index (χ1) is 6.22. The van der Waals surface area contributed by atoms with Crippen molar-refractivity contribution >= 4 is 9.24 Å². The van der Waals surface area contributed by atoms with Crippen molar-refractivity contribution in [1.82, 2.24) is 4.90 Å². The lowest BCUT2D eigenvalue weighted by atomic mass is 10.2. The third-order valence-corrected chi connectivity index (χ3v) is 2.51. The van der Waals surface area contributed by atoms with Gasteiger partial charge in [-0.15, -0.1) is 9.24 Å². The summed E-state index contributed by atoms with van der Waals surface area (Å²) in [5.41, 5.74) is 6.01. The lowest BCUT2D eigenvalue weighted by Crippen LogP contribution is -2.45. The molecule has 0 aromatic carbocycles. The van der Waals surface area contributed by atoms with Crippen LogP contribution in [0, 0.1) is 0 Å². The highest BCUT2D eigenvalue weighted by molar-refractivity contribution is 7.15. The lowest BCUT2D eigenvalue weighted by molar-refractivity contribution is 0.160. The summed E-state index contributed by atoms with van der Waals surface area (Å²) < 4.78 is 0. The Bertz CT molecular complexity index is 117. The molecule has 1 saturated heterocycles. The van der Waals surface area contributed by atoms with Crippen LogP contribution in [-0.4, -0.2) is 30.3 Å². The minimum Gasteiger partial charge on any atom is -0.316 e. The van der Waals surface area contributed by atoms with Crippen molar-refractivity contribution in [2.75, 3.05) is 13.2 Å². The van der Waals surface area contributed by atoms with Gasteiger partial charge in [0.15, 0.2) is 0 Å². The second kappa shape index (κ2) is 7.73. The maximum absolute atomic E-state index is 6.01. The SMILES string of the molecule is CC(C)N1CCCCCC1N.CP. The van der Waals surface area contributed by atoms with E-state index in [1.165, 1.54) is 32.2 Å². The monoisotopic (exact) mass is 204 g/mol. The molecule has 1 fully saturated rings. The van der Waals surface area contributed by atoms with Gasteiger partial charge >= 0.3 is 0 Å². The van der Waals surface area contributed by atoms with E-state index in [0.29, 0.717) is 12.2 Å². The fourth-order valence-electron chi connectivity index (χ4n) is 1.80. The van der Waals surface area contributed by atoms with Gasteiger partial charge in [-0.05, 0) is 33.2 Å². The van der Waals surface area contributed by atoms with Crippen LogP contribution in [0.2, 0.25) is 0 Å². The molecule has 0 bridgehead atoms. The fourth-order valence-corrected chi connectivity index (χ4v) is 1.80. The van der Waals surface area contributed by atoms with Crippen LogP contribution in [0.1, 0.15) is 39.5 Å². The predicted octanol–water partition coefficient (Wildman–Crippen LogP) is 2.05. The summed E-state index contributed by atoms with van der Waals surface area (Å²) >= 11 is 0. The molecule has 0 spiro atoms. The number of rotatable bonds is 1. The maximum atomic E-state index is 6.01. The molecule has 3 heteroatoms. The van der Waals surface area contributed by atoms with Crippen molar-refractivity contribution in [3.8, 4) is 0 Å². The Labute approximate surface area is 85.5 Å². The highest BCUT2D eigenvalue weighted by Crippen LogP contribution is 2.15. The van der Waals surface area contributed by atoms with Crippen molar-refractivity contribution in [1.29, 1.82) is 0 Å². The van der Waals surface area contributed by atoms with E-state index in [1.807, 2.05) is 6.66 Å². The first kappa shape index (κ1) is 13.4. The smallest absolute Gasteiger partial charge is 0.0574 e. The van der Waals surface area contributed by atoms with Gasteiger partial charge in [0.1, 0.15) is 0 Å². The van der Waals surface area contributed by atoms with Crippen molar-refractivity contribution in [2.24, 2.45) is 5.73 Å². The summed E-state index contributed by atoms with van der Waals surface area (Å²) in [5.74, 6) is 0. The van der Waals surface area contributed by atoms with E-state index in [-0.39, 0.29) is 0 Å². The van der Waals surface area contributed by atoms with Gasteiger partial charge in [0.25, 0.3) is 0 Å². The molecule has 0 saturated carbocycles. The molecule has 0 amide bonds. The number of hydrogen-bond donors (Lipinski definition) is 1. The zero-order valence-corrected chi connectivity index (χ0v) is 10.4. The molecule has 2 atom stereocenters. The van der Waals surface area contributed by atoms with Crippen molar-refractivity contribution in [3.63, 3.8) is 0 Å². The van der Waals surface area contributed by atoms with E-state index < -0.39 is 0 Å². The van der Waals surface area contributed by atoms with Crippen molar-refractivity contribution in [3.05, 3.63) is 0 Å². The van der Waals surface area contributed by atoms with Crippen LogP contribution < -0.4 is 5.73 Å². The van der Waals surface area contributed by atoms with Gasteiger partial charge in [0, 0.05) is 6.04 Å². The summed E-state index contributed by atoms with van der Waals surface area (Å²) in [6.45, 7) is 7.56. The third kappa shape index (κ3) is 4.95. The third-order valence-electron chi connectivity index (χ3n) is 2.51. The van der Waals surface area contributed by atoms with E-state index in [0.717, 1.165) is 0 Å². The predicted molar refractivity (Wildman–Crippen MR) is 63.9 cm³/mol. The van der Waals surface area contributed by atoms with Crippen LogP contribution in [0.15, 0.2) is 0 Å². The molecule has 0 aromatic heterocycles. The second-order valence-electron chi connectivity index (χ2n) is 3.75. The summed E-state index contributed by atoms with van der Waals surface area (Å²) in [5, 5.41) is 0. The van der Waals surface area contributed by atoms with Gasteiger partial charge in [-0.25, -0.2) is 0 Å². The van der Waals surface area contributed by atoms with E-state index in [9.17, 15) is 0 Å². The van der Waals surface area contributed by atoms with E-state index >= 15 is 0 Å². The van der Waals surface area contributed by atoms with Gasteiger partial charge < -0.3 is 5.73 Å². The average molecular weight is 204 g/mol. The van der Waals surface area contributed by atoms with Crippen LogP contribution in [0.25, 0.3) is 0 Å². The Morgan fingerprint density at radius 1 is 1.23 bits per heavy atom. The first-order valence-electron chi connectivity index (χ1n) is 5.31. The molecule has 1 heterocycles. The Morgan fingerprint density at radius 3 is 2.38 bits per heavy atom. The zero-order valence-electron chi connectivity index (χ0n) is 9.29. The molecule has 2 unspecified atom stereocenters. The largest absolute Gasteiger partial charge is 0.316 e. The summed E-state index contributed by atoms with van der Waals surface area (Å²) in [6, 6.07) is 0.614. The van der Waals surface area contributed by atoms with E-state index in [4.69, 9.17) is 5.73 Å². The van der Waals surface area contributed by atoms with E-state index in [1.54, 1.807) is 0 Å². The molecule has 0 aromatic rings. The summed E-state index contributed by atoms with van der Waals surface area (Å²) in [7, 11) is 2.42. The van der Waals surface area contributed by atoms with Crippen molar-refractivity contribution < 1.29 is 0 Å². The highest BCUT2D eigenvalue weighted by atomic mass is 31.0. The molecule has 13 heavy (non-hydrogen) atoms. The van der Waals surface area contributed by atoms with Gasteiger partial charge in [-0.1, -0.05) is 19.5 Å². The van der Waals surface area contributed by atoms with Gasteiger partial charge in [-0.2, -0.15) is 0 Å². The quantitative estimate of drug-likeness (QED) is 0.662. The summed E-state index contributed by atoms with van der Waals surface area (Å²) in [4.78, 5) is 2.41. The molecule has 1 aliphatic rings. The molecule has 2 N–H and O–H groups in total. The Balaban J connectivity index is 0.000000671. The fraction of sp³-hybridized carbons (Fsp3) is 1.00. The zero-order chi connectivity index (χ0) is 10.3. The van der Waals surface area contributed by atoms with Gasteiger partial charge in [0.2, 0.25) is 0 Å². The standard InChI is InChI=1S/C9H20N2.CH5P/c1-8(2)11-7-5-3-4-6-9(11)10;1-2/h8-9H,3-7,10H2,1-2H3;2H2,1H3. The Morgan fingerprint density at radius 2 is 1.85 bits per heavy atom. The first-order valence-corrected chi connectivity index (χ1v) is 6.46. The van der Waals surface area contributed by atoms with Crippen LogP contribution in [0.3, 0.4) is 0 Å². The number of nitrogens with two attached hydrogens (primary N) is 1. The number of nitrogens with zero attached hydrogens (tertiary/aromatic N) is 1. The molecule has 80 valence electrons. The number of likely N-dealkylation sites (tertiary alicyclic amines) is 1. The molecule has 0 radical (unpaired) electrons. The van der Waals surface area contributed by atoms with Crippen LogP contribution in [0.4, 0.5) is 0 Å². The van der Waals surface area contributed by atoms with Crippen LogP contribution in [-0.2, 0) is 0 Å². The highest BCUT2D eigenvalue weighted by Gasteiger charge is 2.18. The lowest BCUT2D eigenvalue weighted by Gasteiger charge is -2.30. The van der Waals surface area contributed by atoms with E-state index in [2.05, 4.69) is 28.0 Å². The van der Waals surface area contributed by atoms with Gasteiger partial charge in [0.05, 0.1) is 6.17 Å². The van der Waals surface area contributed by atoms with Gasteiger partial charge in [-0.3, -0.25) is 4.90 Å². The topological polar surface area (TPSA) is 29.3 Å². The normalized spacial score (nSPS) is 24.9. The average Bonchev–Trinajstić information content (AvgIpc) is 2.33. The molecule has 0 aliphatic carbocycles. The minimum atomic E-state index is 0.317. The molecule has 1 rings (SSSR count). The maximum Gasteiger partial charge on any atom is 0.0574 e. The van der Waals surface area contributed by atoms with Crippen LogP contribution in [0.5, 0.6) is 0 Å². The molecular weight excluding hydrogens is 179 g/mol. The van der Waals surface area contributed by atoms with Crippen LogP contribution >= 0.6 is 9.24 Å². The molecule has 1 aliphatic heterocycles. The second-order valence-corrected chi connectivity index (χ2v) is 3.75. The molecular formula is C10H25N2P. The molecule has 2 nitrogen and oxygen atoms in total. The summed E-state index contributed by atoms with van der Waals surface area (Å²) in [6.07, 6.45) is 5.49. The number of hydrogen-bond acceptors (Lipinski definition) is 2. The van der Waals surface area contributed by atoms with Crippen molar-refractivity contribution in [2.45, 2.75) is 51.7 Å². The Hall–Kier alpha value is 0.350.